The molecule has 0 aliphatic rings. The summed E-state index contributed by atoms with van der Waals surface area (Å²) in [6.45, 7) is 0. The number of hydrogen-bond donors (Lipinski definition) is 0. The molecule has 7 aromatic carbocycles. The minimum absolute atomic E-state index is 0.0422. The normalized spacial score (nSPS) is 14.4. The van der Waals surface area contributed by atoms with Crippen LogP contribution in [0.3, 0.4) is 0 Å². The van der Waals surface area contributed by atoms with Gasteiger partial charge in [-0.1, -0.05) is 145 Å². The van der Waals surface area contributed by atoms with Crippen LogP contribution in [0.1, 0.15) is 13.7 Å². The zero-order chi connectivity index (χ0) is 39.9. The second-order valence-electron chi connectivity index (χ2n) is 10.9. The fourth-order valence-corrected chi connectivity index (χ4v) is 5.96. The molecule has 9 rings (SSSR count). The highest BCUT2D eigenvalue weighted by atomic mass is 16.3. The molecule has 47 heavy (non-hydrogen) atoms. The summed E-state index contributed by atoms with van der Waals surface area (Å²) in [5, 5.41) is 3.57. The Morgan fingerprint density at radius 3 is 1.74 bits per heavy atom. The standard InChI is InChI=1S/C43H27N3O/c1-3-13-31(14-4-1)41-44-42(32-15-5-2-6-16-32)46-43(45-41)37-26-33(27-39-40(37)36-19-9-10-21-38(36)47-39)28-22-24-30(25-23-28)35-20-11-17-29-12-7-8-18-34(29)35/h1-27H/i1D,2D,3D,4D,5D,6D,13D,14D,15D,16D. The molecule has 0 aliphatic heterocycles. The molecule has 0 spiro atoms. The molecule has 220 valence electrons. The van der Waals surface area contributed by atoms with Crippen LogP contribution in [-0.4, -0.2) is 15.0 Å². The van der Waals surface area contributed by atoms with E-state index in [-0.39, 0.29) is 28.6 Å². The molecule has 0 radical (unpaired) electrons. The van der Waals surface area contributed by atoms with Gasteiger partial charge >= 0.3 is 0 Å². The maximum atomic E-state index is 8.74. The second-order valence-corrected chi connectivity index (χ2v) is 10.9. The van der Waals surface area contributed by atoms with Crippen molar-refractivity contribution in [2.45, 2.75) is 0 Å². The van der Waals surface area contributed by atoms with Crippen molar-refractivity contribution in [3.8, 4) is 56.4 Å². The van der Waals surface area contributed by atoms with Crippen molar-refractivity contribution in [1.82, 2.24) is 15.0 Å². The van der Waals surface area contributed by atoms with Gasteiger partial charge in [-0.2, -0.15) is 0 Å². The maximum Gasteiger partial charge on any atom is 0.164 e. The van der Waals surface area contributed by atoms with Crippen LogP contribution in [0.15, 0.2) is 168 Å². The Morgan fingerprint density at radius 1 is 0.426 bits per heavy atom. The summed E-state index contributed by atoms with van der Waals surface area (Å²) in [6, 6.07) is 27.6. The smallest absolute Gasteiger partial charge is 0.164 e. The van der Waals surface area contributed by atoms with Crippen LogP contribution >= 0.6 is 0 Å². The van der Waals surface area contributed by atoms with E-state index in [9.17, 15) is 0 Å². The van der Waals surface area contributed by atoms with Crippen LogP contribution in [-0.2, 0) is 0 Å². The predicted molar refractivity (Wildman–Crippen MR) is 192 cm³/mol. The molecular formula is C43H27N3O. The number of nitrogens with zero attached hydrogens (tertiary/aromatic N) is 3. The fourth-order valence-electron chi connectivity index (χ4n) is 5.96. The van der Waals surface area contributed by atoms with Gasteiger partial charge in [0.1, 0.15) is 11.2 Å². The van der Waals surface area contributed by atoms with Gasteiger partial charge in [-0.05, 0) is 51.2 Å². The first-order chi connectivity index (χ1) is 27.4. The SMILES string of the molecule is [2H]c1c([2H])c([2H])c(-c2nc(-c3c([2H])c([2H])c([2H])c([2H])c3[2H])nc(-c3cc(-c4ccc(-c5cccc6ccccc56)cc4)cc4oc5ccccc5c34)n2)c([2H])c1[2H]. The first kappa shape index (κ1) is 18.5. The minimum atomic E-state index is -0.616. The molecule has 0 unspecified atom stereocenters. The first-order valence-corrected chi connectivity index (χ1v) is 14.9. The van der Waals surface area contributed by atoms with Gasteiger partial charge < -0.3 is 4.42 Å². The van der Waals surface area contributed by atoms with Gasteiger partial charge in [-0.15, -0.1) is 0 Å². The molecule has 4 nitrogen and oxygen atoms in total. The zero-order valence-corrected chi connectivity index (χ0v) is 24.6. The molecule has 2 heterocycles. The monoisotopic (exact) mass is 611 g/mol. The topological polar surface area (TPSA) is 51.8 Å². The van der Waals surface area contributed by atoms with Crippen LogP contribution in [0.5, 0.6) is 0 Å². The molecule has 0 amide bonds. The van der Waals surface area contributed by atoms with E-state index in [0.717, 1.165) is 38.4 Å². The number of rotatable bonds is 5. The van der Waals surface area contributed by atoms with Gasteiger partial charge in [0.25, 0.3) is 0 Å². The van der Waals surface area contributed by atoms with Crippen LogP contribution in [0, 0.1) is 0 Å². The Labute approximate surface area is 285 Å². The number of fused-ring (bicyclic) bond motifs is 4. The van der Waals surface area contributed by atoms with E-state index in [1.165, 1.54) is 0 Å². The summed E-state index contributed by atoms with van der Waals surface area (Å²) in [5.41, 5.74) is 4.43. The molecule has 0 saturated heterocycles. The lowest BCUT2D eigenvalue weighted by Gasteiger charge is -2.12. The lowest BCUT2D eigenvalue weighted by Crippen LogP contribution is -2.00. The molecule has 4 heteroatoms. The third-order valence-corrected chi connectivity index (χ3v) is 8.12. The summed E-state index contributed by atoms with van der Waals surface area (Å²) >= 11 is 0. The Balaban J connectivity index is 1.32. The quantitative estimate of drug-likeness (QED) is 0.194. The molecule has 0 aliphatic carbocycles. The van der Waals surface area contributed by atoms with E-state index in [2.05, 4.69) is 29.2 Å². The lowest BCUT2D eigenvalue weighted by atomic mass is 9.94. The Morgan fingerprint density at radius 2 is 1.02 bits per heavy atom. The van der Waals surface area contributed by atoms with Gasteiger partial charge in [0.2, 0.25) is 0 Å². The van der Waals surface area contributed by atoms with Crippen molar-refractivity contribution < 1.29 is 18.1 Å². The summed E-state index contributed by atoms with van der Waals surface area (Å²) < 4.78 is 91.1. The summed E-state index contributed by atoms with van der Waals surface area (Å²) in [6.07, 6.45) is 0. The lowest BCUT2D eigenvalue weighted by molar-refractivity contribution is 0.669. The van der Waals surface area contributed by atoms with Crippen molar-refractivity contribution >= 4 is 32.7 Å². The van der Waals surface area contributed by atoms with Crippen molar-refractivity contribution in [3.05, 3.63) is 164 Å². The summed E-state index contributed by atoms with van der Waals surface area (Å²) in [5.74, 6) is -0.728. The van der Waals surface area contributed by atoms with E-state index in [1.54, 1.807) is 0 Å². The maximum absolute atomic E-state index is 8.74. The molecular weight excluding hydrogens is 574 g/mol. The van der Waals surface area contributed by atoms with E-state index >= 15 is 0 Å². The Bertz CT molecular complexity index is 3000. The van der Waals surface area contributed by atoms with Crippen molar-refractivity contribution in [2.75, 3.05) is 0 Å². The summed E-state index contributed by atoms with van der Waals surface area (Å²) in [7, 11) is 0. The van der Waals surface area contributed by atoms with E-state index in [0.29, 0.717) is 22.1 Å². The van der Waals surface area contributed by atoms with Crippen LogP contribution in [0.25, 0.3) is 89.1 Å². The Kier molecular flexibility index (Phi) is 4.42. The average molecular weight is 612 g/mol. The van der Waals surface area contributed by atoms with Crippen molar-refractivity contribution in [2.24, 2.45) is 0 Å². The van der Waals surface area contributed by atoms with Gasteiger partial charge in [-0.3, -0.25) is 0 Å². The average Bonchev–Trinajstić information content (AvgIpc) is 3.62. The zero-order valence-electron chi connectivity index (χ0n) is 34.6. The molecule has 2 aromatic heterocycles. The third-order valence-electron chi connectivity index (χ3n) is 8.12. The molecule has 9 aromatic rings. The van der Waals surface area contributed by atoms with E-state index < -0.39 is 60.4 Å². The van der Waals surface area contributed by atoms with Gasteiger partial charge in [0.05, 0.1) is 13.7 Å². The van der Waals surface area contributed by atoms with Gasteiger partial charge in [0, 0.05) is 27.5 Å². The molecule has 0 fully saturated rings. The number of benzene rings is 7. The van der Waals surface area contributed by atoms with Crippen LogP contribution in [0.4, 0.5) is 0 Å². The molecule has 0 saturated carbocycles. The predicted octanol–water partition coefficient (Wildman–Crippen LogP) is 11.3. The number of para-hydroxylation sites is 1. The van der Waals surface area contributed by atoms with Crippen LogP contribution < -0.4 is 0 Å². The second kappa shape index (κ2) is 11.2. The molecule has 0 bridgehead atoms. The highest BCUT2D eigenvalue weighted by Gasteiger charge is 2.19. The first-order valence-electron chi connectivity index (χ1n) is 19.9. The molecule has 0 atom stereocenters. The summed E-state index contributed by atoms with van der Waals surface area (Å²) in [4.78, 5) is 13.9. The van der Waals surface area contributed by atoms with Crippen LogP contribution in [0.2, 0.25) is 0 Å². The third kappa shape index (κ3) is 4.84. The number of furan rings is 1. The Hall–Kier alpha value is -6.39. The fraction of sp³-hybridized carbons (Fsp3) is 0. The highest BCUT2D eigenvalue weighted by Crippen LogP contribution is 2.40. The van der Waals surface area contributed by atoms with Gasteiger partial charge in [-0.25, -0.2) is 15.0 Å². The van der Waals surface area contributed by atoms with E-state index in [4.69, 9.17) is 28.1 Å². The minimum Gasteiger partial charge on any atom is -0.456 e. The highest BCUT2D eigenvalue weighted by molar-refractivity contribution is 6.13. The van der Waals surface area contributed by atoms with Crippen molar-refractivity contribution in [1.29, 1.82) is 0 Å². The number of hydrogen-bond acceptors (Lipinski definition) is 4. The van der Waals surface area contributed by atoms with Gasteiger partial charge in [0.15, 0.2) is 17.5 Å². The largest absolute Gasteiger partial charge is 0.456 e. The van der Waals surface area contributed by atoms with Crippen molar-refractivity contribution in [3.63, 3.8) is 0 Å². The number of aromatic nitrogens is 3. The van der Waals surface area contributed by atoms with E-state index in [1.807, 2.05) is 78.9 Å². The molecule has 0 N–H and O–H groups in total.